The molecule has 1 unspecified atom stereocenters. The molecule has 1 aliphatic heterocycles. The summed E-state index contributed by atoms with van der Waals surface area (Å²) in [5.41, 5.74) is 7.52. The molecule has 1 amide bonds. The molecule has 4 heteroatoms. The Labute approximate surface area is 108 Å². The first-order valence-electron chi connectivity index (χ1n) is 6.49. The first-order valence-corrected chi connectivity index (χ1v) is 6.49. The maximum atomic E-state index is 12.0. The number of amides is 1. The lowest BCUT2D eigenvalue weighted by Gasteiger charge is -2.34. The van der Waals surface area contributed by atoms with E-state index in [0.717, 1.165) is 23.4 Å². The number of rotatable bonds is 3. The summed E-state index contributed by atoms with van der Waals surface area (Å²) in [5, 5.41) is 0. The van der Waals surface area contributed by atoms with Gasteiger partial charge >= 0.3 is 0 Å². The fraction of sp³-hybridized carbons (Fsp3) is 0.500. The van der Waals surface area contributed by atoms with E-state index in [1.54, 1.807) is 0 Å². The van der Waals surface area contributed by atoms with Gasteiger partial charge < -0.3 is 15.4 Å². The SMILES string of the molecule is CCC(=O)N1CC(CC)Oc2cc(CN)ccc21. The van der Waals surface area contributed by atoms with Crippen LogP contribution < -0.4 is 15.4 Å². The van der Waals surface area contributed by atoms with E-state index in [4.69, 9.17) is 10.5 Å². The highest BCUT2D eigenvalue weighted by Crippen LogP contribution is 2.35. The Morgan fingerprint density at radius 3 is 2.89 bits per heavy atom. The Morgan fingerprint density at radius 2 is 2.28 bits per heavy atom. The van der Waals surface area contributed by atoms with Crippen LogP contribution in [0.25, 0.3) is 0 Å². The van der Waals surface area contributed by atoms with Crippen LogP contribution in [0, 0.1) is 0 Å². The Bertz CT molecular complexity index is 445. The van der Waals surface area contributed by atoms with Crippen LogP contribution in [0.3, 0.4) is 0 Å². The average molecular weight is 248 g/mol. The van der Waals surface area contributed by atoms with Gasteiger partial charge in [0.25, 0.3) is 0 Å². The second-order valence-corrected chi connectivity index (χ2v) is 4.51. The summed E-state index contributed by atoms with van der Waals surface area (Å²) < 4.78 is 5.90. The smallest absolute Gasteiger partial charge is 0.226 e. The lowest BCUT2D eigenvalue weighted by molar-refractivity contribution is -0.118. The monoisotopic (exact) mass is 248 g/mol. The van der Waals surface area contributed by atoms with Gasteiger partial charge in [-0.25, -0.2) is 0 Å². The second kappa shape index (κ2) is 5.40. The number of anilines is 1. The van der Waals surface area contributed by atoms with Gasteiger partial charge in [0, 0.05) is 13.0 Å². The molecule has 0 aromatic heterocycles. The van der Waals surface area contributed by atoms with Crippen molar-refractivity contribution in [1.82, 2.24) is 0 Å². The summed E-state index contributed by atoms with van der Waals surface area (Å²) >= 11 is 0. The van der Waals surface area contributed by atoms with Crippen LogP contribution in [-0.4, -0.2) is 18.6 Å². The number of carbonyl (C=O) groups excluding carboxylic acids is 1. The van der Waals surface area contributed by atoms with Crippen LogP contribution in [-0.2, 0) is 11.3 Å². The largest absolute Gasteiger partial charge is 0.486 e. The van der Waals surface area contributed by atoms with Crippen molar-refractivity contribution in [3.8, 4) is 5.75 Å². The zero-order valence-corrected chi connectivity index (χ0v) is 11.0. The molecule has 1 aromatic rings. The van der Waals surface area contributed by atoms with E-state index in [2.05, 4.69) is 6.92 Å². The third-order valence-corrected chi connectivity index (χ3v) is 3.29. The Hall–Kier alpha value is -1.55. The van der Waals surface area contributed by atoms with E-state index < -0.39 is 0 Å². The van der Waals surface area contributed by atoms with Crippen molar-refractivity contribution in [2.45, 2.75) is 39.3 Å². The summed E-state index contributed by atoms with van der Waals surface area (Å²) in [6.07, 6.45) is 1.47. The van der Waals surface area contributed by atoms with Crippen LogP contribution in [0.1, 0.15) is 32.3 Å². The lowest BCUT2D eigenvalue weighted by Crippen LogP contribution is -2.43. The Morgan fingerprint density at radius 1 is 1.50 bits per heavy atom. The molecule has 0 saturated carbocycles. The number of carbonyl (C=O) groups is 1. The highest BCUT2D eigenvalue weighted by Gasteiger charge is 2.28. The second-order valence-electron chi connectivity index (χ2n) is 4.51. The molecule has 0 radical (unpaired) electrons. The van der Waals surface area contributed by atoms with Crippen molar-refractivity contribution in [2.24, 2.45) is 5.73 Å². The molecular weight excluding hydrogens is 228 g/mol. The van der Waals surface area contributed by atoms with Crippen LogP contribution in [0.2, 0.25) is 0 Å². The van der Waals surface area contributed by atoms with Gasteiger partial charge in [0.2, 0.25) is 5.91 Å². The highest BCUT2D eigenvalue weighted by atomic mass is 16.5. The maximum Gasteiger partial charge on any atom is 0.226 e. The van der Waals surface area contributed by atoms with Gasteiger partial charge in [-0.15, -0.1) is 0 Å². The number of hydrogen-bond donors (Lipinski definition) is 1. The van der Waals surface area contributed by atoms with E-state index in [1.165, 1.54) is 0 Å². The number of ether oxygens (including phenoxy) is 1. The molecule has 1 aliphatic rings. The molecule has 98 valence electrons. The topological polar surface area (TPSA) is 55.6 Å². The first-order chi connectivity index (χ1) is 8.69. The summed E-state index contributed by atoms with van der Waals surface area (Å²) in [4.78, 5) is 13.8. The van der Waals surface area contributed by atoms with Crippen LogP contribution in [0.15, 0.2) is 18.2 Å². The van der Waals surface area contributed by atoms with Gasteiger partial charge in [-0.2, -0.15) is 0 Å². The quantitative estimate of drug-likeness (QED) is 0.890. The zero-order chi connectivity index (χ0) is 13.1. The zero-order valence-electron chi connectivity index (χ0n) is 11.0. The van der Waals surface area contributed by atoms with Gasteiger partial charge in [0.15, 0.2) is 0 Å². The van der Waals surface area contributed by atoms with Gasteiger partial charge in [0.05, 0.1) is 12.2 Å². The Balaban J connectivity index is 2.38. The third kappa shape index (κ3) is 2.34. The molecule has 0 spiro atoms. The molecule has 2 rings (SSSR count). The van der Waals surface area contributed by atoms with E-state index in [1.807, 2.05) is 30.0 Å². The normalized spacial score (nSPS) is 18.2. The van der Waals surface area contributed by atoms with Crippen molar-refractivity contribution >= 4 is 11.6 Å². The van der Waals surface area contributed by atoms with E-state index >= 15 is 0 Å². The molecule has 18 heavy (non-hydrogen) atoms. The van der Waals surface area contributed by atoms with Crippen molar-refractivity contribution in [3.05, 3.63) is 23.8 Å². The molecule has 1 heterocycles. The van der Waals surface area contributed by atoms with Crippen molar-refractivity contribution in [3.63, 3.8) is 0 Å². The minimum atomic E-state index is 0.0704. The van der Waals surface area contributed by atoms with E-state index in [-0.39, 0.29) is 12.0 Å². The molecule has 0 fully saturated rings. The van der Waals surface area contributed by atoms with Gasteiger partial charge in [-0.05, 0) is 24.1 Å². The van der Waals surface area contributed by atoms with Crippen molar-refractivity contribution in [2.75, 3.05) is 11.4 Å². The van der Waals surface area contributed by atoms with E-state index in [9.17, 15) is 4.79 Å². The summed E-state index contributed by atoms with van der Waals surface area (Å²) in [5.74, 6) is 0.913. The van der Waals surface area contributed by atoms with Crippen LogP contribution >= 0.6 is 0 Å². The summed E-state index contributed by atoms with van der Waals surface area (Å²) in [6.45, 7) is 5.07. The molecule has 0 bridgehead atoms. The predicted molar refractivity (Wildman–Crippen MR) is 71.7 cm³/mol. The van der Waals surface area contributed by atoms with Gasteiger partial charge in [0.1, 0.15) is 11.9 Å². The molecule has 0 saturated heterocycles. The minimum Gasteiger partial charge on any atom is -0.486 e. The molecular formula is C14H20N2O2. The number of fused-ring (bicyclic) bond motifs is 1. The highest BCUT2D eigenvalue weighted by molar-refractivity contribution is 5.95. The summed E-state index contributed by atoms with van der Waals surface area (Å²) in [7, 11) is 0. The van der Waals surface area contributed by atoms with Crippen molar-refractivity contribution in [1.29, 1.82) is 0 Å². The molecule has 1 aromatic carbocycles. The van der Waals surface area contributed by atoms with Gasteiger partial charge in [-0.1, -0.05) is 19.9 Å². The van der Waals surface area contributed by atoms with Gasteiger partial charge in [-0.3, -0.25) is 4.79 Å². The maximum absolute atomic E-state index is 12.0. The molecule has 2 N–H and O–H groups in total. The number of nitrogens with two attached hydrogens (primary N) is 1. The number of benzene rings is 1. The number of hydrogen-bond acceptors (Lipinski definition) is 3. The van der Waals surface area contributed by atoms with Crippen LogP contribution in [0.5, 0.6) is 5.75 Å². The molecule has 0 aliphatic carbocycles. The average Bonchev–Trinajstić information content (AvgIpc) is 2.44. The molecule has 4 nitrogen and oxygen atoms in total. The standard InChI is InChI=1S/C14H20N2O2/c1-3-11-9-16(14(17)4-2)12-6-5-10(8-15)7-13(12)18-11/h5-7,11H,3-4,8-9,15H2,1-2H3. The lowest BCUT2D eigenvalue weighted by atomic mass is 10.1. The fourth-order valence-corrected chi connectivity index (χ4v) is 2.16. The Kier molecular flexibility index (Phi) is 3.87. The van der Waals surface area contributed by atoms with Crippen LogP contribution in [0.4, 0.5) is 5.69 Å². The fourth-order valence-electron chi connectivity index (χ4n) is 2.16. The predicted octanol–water partition coefficient (Wildman–Crippen LogP) is 2.06. The molecule has 1 atom stereocenters. The summed E-state index contributed by atoms with van der Waals surface area (Å²) in [6, 6.07) is 5.81. The third-order valence-electron chi connectivity index (χ3n) is 3.29. The van der Waals surface area contributed by atoms with Crippen molar-refractivity contribution < 1.29 is 9.53 Å². The minimum absolute atomic E-state index is 0.0704. The van der Waals surface area contributed by atoms with E-state index in [0.29, 0.717) is 19.5 Å². The first kappa shape index (κ1) is 12.9. The number of nitrogens with zero attached hydrogens (tertiary/aromatic N) is 1.